The Labute approximate surface area is 161 Å². The fourth-order valence-corrected chi connectivity index (χ4v) is 2.95. The summed E-state index contributed by atoms with van der Waals surface area (Å²) in [7, 11) is 0. The second-order valence-electron chi connectivity index (χ2n) is 6.51. The lowest BCUT2D eigenvalue weighted by Gasteiger charge is -2.12. The molecule has 1 fully saturated rings. The molecular formula is C20H21N3O5. The van der Waals surface area contributed by atoms with E-state index in [4.69, 9.17) is 9.84 Å². The highest BCUT2D eigenvalue weighted by molar-refractivity contribution is 5.95. The summed E-state index contributed by atoms with van der Waals surface area (Å²) in [6, 6.07) is 9.91. The van der Waals surface area contributed by atoms with Crippen LogP contribution in [0.1, 0.15) is 44.9 Å². The van der Waals surface area contributed by atoms with Crippen molar-refractivity contribution < 1.29 is 24.2 Å². The number of nitrogens with one attached hydrogen (secondary N) is 2. The third kappa shape index (κ3) is 4.72. The van der Waals surface area contributed by atoms with Gasteiger partial charge in [-0.25, -0.2) is 9.78 Å². The molecule has 1 saturated heterocycles. The Morgan fingerprint density at radius 3 is 2.75 bits per heavy atom. The number of hydrogen-bond acceptors (Lipinski definition) is 5. The van der Waals surface area contributed by atoms with E-state index in [0.717, 1.165) is 12.0 Å². The van der Waals surface area contributed by atoms with E-state index in [0.29, 0.717) is 18.7 Å². The molecule has 1 aromatic carbocycles. The van der Waals surface area contributed by atoms with E-state index < -0.39 is 18.0 Å². The van der Waals surface area contributed by atoms with E-state index in [9.17, 15) is 14.4 Å². The van der Waals surface area contributed by atoms with Gasteiger partial charge in [-0.2, -0.15) is 0 Å². The summed E-state index contributed by atoms with van der Waals surface area (Å²) in [4.78, 5) is 39.5. The van der Waals surface area contributed by atoms with E-state index in [2.05, 4.69) is 15.6 Å². The summed E-state index contributed by atoms with van der Waals surface area (Å²) < 4.78 is 5.37. The fourth-order valence-electron chi connectivity index (χ4n) is 2.95. The number of aromatic nitrogens is 1. The summed E-state index contributed by atoms with van der Waals surface area (Å²) >= 11 is 0. The predicted octanol–water partition coefficient (Wildman–Crippen LogP) is 2.14. The van der Waals surface area contributed by atoms with Crippen molar-refractivity contribution in [1.29, 1.82) is 0 Å². The Hall–Kier alpha value is -3.26. The maximum atomic E-state index is 12.3. The van der Waals surface area contributed by atoms with Crippen LogP contribution in [-0.2, 0) is 16.1 Å². The van der Waals surface area contributed by atoms with Crippen molar-refractivity contribution >= 4 is 23.5 Å². The van der Waals surface area contributed by atoms with Gasteiger partial charge < -0.3 is 20.5 Å². The first-order valence-corrected chi connectivity index (χ1v) is 8.94. The average molecular weight is 383 g/mol. The number of rotatable bonds is 6. The van der Waals surface area contributed by atoms with Crippen LogP contribution in [0.15, 0.2) is 36.4 Å². The molecule has 0 saturated carbocycles. The number of carboxylic acids is 1. The zero-order chi connectivity index (χ0) is 20.1. The zero-order valence-electron chi connectivity index (χ0n) is 15.4. The Balaban J connectivity index is 1.59. The monoisotopic (exact) mass is 383 g/mol. The van der Waals surface area contributed by atoms with Gasteiger partial charge >= 0.3 is 5.97 Å². The van der Waals surface area contributed by atoms with E-state index >= 15 is 0 Å². The first-order valence-electron chi connectivity index (χ1n) is 8.94. The third-order valence-electron chi connectivity index (χ3n) is 4.42. The molecule has 0 radical (unpaired) electrons. The molecule has 1 aliphatic rings. The molecule has 1 aliphatic heterocycles. The third-order valence-corrected chi connectivity index (χ3v) is 4.42. The van der Waals surface area contributed by atoms with Crippen molar-refractivity contribution in [3.8, 4) is 0 Å². The Bertz CT molecular complexity index is 906. The van der Waals surface area contributed by atoms with Gasteiger partial charge in [-0.15, -0.1) is 0 Å². The quantitative estimate of drug-likeness (QED) is 0.703. The van der Waals surface area contributed by atoms with Crippen LogP contribution >= 0.6 is 0 Å². The standard InChI is InChI=1S/C20H21N3O5/c1-12-15(20(26)27)7-8-16(22-12)18(24)21-11-13-4-2-5-14(10-13)23-19(25)17-6-3-9-28-17/h2,4-5,7-8,10,17H,3,6,9,11H2,1H3,(H,21,24)(H,23,25)(H,26,27). The number of carbonyl (C=O) groups is 3. The second-order valence-corrected chi connectivity index (χ2v) is 6.51. The van der Waals surface area contributed by atoms with E-state index in [1.54, 1.807) is 25.1 Å². The lowest BCUT2D eigenvalue weighted by Crippen LogP contribution is -2.27. The molecule has 0 aliphatic carbocycles. The second kappa shape index (κ2) is 8.62. The van der Waals surface area contributed by atoms with Gasteiger partial charge in [0.25, 0.3) is 11.8 Å². The van der Waals surface area contributed by atoms with Crippen molar-refractivity contribution in [3.63, 3.8) is 0 Å². The lowest BCUT2D eigenvalue weighted by atomic mass is 10.1. The van der Waals surface area contributed by atoms with Gasteiger partial charge in [0, 0.05) is 18.8 Å². The molecule has 8 nitrogen and oxygen atoms in total. The number of nitrogens with zero attached hydrogens (tertiary/aromatic N) is 1. The predicted molar refractivity (Wildman–Crippen MR) is 101 cm³/mol. The maximum absolute atomic E-state index is 12.3. The molecule has 28 heavy (non-hydrogen) atoms. The van der Waals surface area contributed by atoms with Gasteiger partial charge in [-0.1, -0.05) is 12.1 Å². The van der Waals surface area contributed by atoms with Crippen molar-refractivity contribution in [2.45, 2.75) is 32.4 Å². The molecule has 2 aromatic rings. The summed E-state index contributed by atoms with van der Waals surface area (Å²) in [6.07, 6.45) is 1.19. The number of hydrogen-bond donors (Lipinski definition) is 3. The van der Waals surface area contributed by atoms with Gasteiger partial charge in [-0.3, -0.25) is 9.59 Å². The molecule has 3 rings (SSSR count). The first kappa shape index (κ1) is 19.5. The zero-order valence-corrected chi connectivity index (χ0v) is 15.4. The number of anilines is 1. The molecule has 1 aromatic heterocycles. The minimum Gasteiger partial charge on any atom is -0.478 e. The Morgan fingerprint density at radius 1 is 1.25 bits per heavy atom. The largest absolute Gasteiger partial charge is 0.478 e. The van der Waals surface area contributed by atoms with E-state index in [1.807, 2.05) is 6.07 Å². The van der Waals surface area contributed by atoms with Crippen LogP contribution in [0.3, 0.4) is 0 Å². The number of amides is 2. The molecule has 3 N–H and O–H groups in total. The maximum Gasteiger partial charge on any atom is 0.337 e. The molecule has 2 heterocycles. The van der Waals surface area contributed by atoms with Gasteiger partial charge in [0.05, 0.1) is 11.3 Å². The number of aryl methyl sites for hydroxylation is 1. The molecular weight excluding hydrogens is 362 g/mol. The average Bonchev–Trinajstić information content (AvgIpc) is 3.21. The van der Waals surface area contributed by atoms with Crippen LogP contribution in [0.5, 0.6) is 0 Å². The van der Waals surface area contributed by atoms with Gasteiger partial charge in [0.15, 0.2) is 0 Å². The smallest absolute Gasteiger partial charge is 0.337 e. The fraction of sp³-hybridized carbons (Fsp3) is 0.300. The molecule has 1 atom stereocenters. The molecule has 146 valence electrons. The van der Waals surface area contributed by atoms with E-state index in [1.165, 1.54) is 12.1 Å². The minimum absolute atomic E-state index is 0.0613. The highest BCUT2D eigenvalue weighted by Crippen LogP contribution is 2.16. The van der Waals surface area contributed by atoms with Crippen LogP contribution < -0.4 is 10.6 Å². The van der Waals surface area contributed by atoms with Crippen molar-refractivity contribution in [3.05, 3.63) is 58.9 Å². The summed E-state index contributed by atoms with van der Waals surface area (Å²) in [5.41, 5.74) is 1.92. The summed E-state index contributed by atoms with van der Waals surface area (Å²) in [5.74, 6) is -1.66. The lowest BCUT2D eigenvalue weighted by molar-refractivity contribution is -0.124. The highest BCUT2D eigenvalue weighted by Gasteiger charge is 2.23. The van der Waals surface area contributed by atoms with Crippen LogP contribution in [0.4, 0.5) is 5.69 Å². The van der Waals surface area contributed by atoms with E-state index in [-0.39, 0.29) is 29.4 Å². The highest BCUT2D eigenvalue weighted by atomic mass is 16.5. The van der Waals surface area contributed by atoms with Crippen LogP contribution in [0.2, 0.25) is 0 Å². The Morgan fingerprint density at radius 2 is 2.07 bits per heavy atom. The van der Waals surface area contributed by atoms with Gasteiger partial charge in [0.1, 0.15) is 11.8 Å². The number of carbonyl (C=O) groups excluding carboxylic acids is 2. The van der Waals surface area contributed by atoms with Crippen LogP contribution in [0, 0.1) is 6.92 Å². The number of carboxylic acid groups (broad SMARTS) is 1. The first-order chi connectivity index (χ1) is 13.4. The van der Waals surface area contributed by atoms with Gasteiger partial charge in [0.2, 0.25) is 0 Å². The molecule has 1 unspecified atom stereocenters. The molecule has 2 amide bonds. The molecule has 8 heteroatoms. The molecule has 0 spiro atoms. The van der Waals surface area contributed by atoms with Crippen molar-refractivity contribution in [2.24, 2.45) is 0 Å². The Kier molecular flexibility index (Phi) is 6.00. The summed E-state index contributed by atoms with van der Waals surface area (Å²) in [5, 5.41) is 14.6. The topological polar surface area (TPSA) is 118 Å². The molecule has 0 bridgehead atoms. The van der Waals surface area contributed by atoms with Crippen LogP contribution in [-0.4, -0.2) is 40.6 Å². The van der Waals surface area contributed by atoms with Gasteiger partial charge in [-0.05, 0) is 49.6 Å². The number of aromatic carboxylic acids is 1. The normalized spacial score (nSPS) is 15.8. The van der Waals surface area contributed by atoms with Crippen molar-refractivity contribution in [1.82, 2.24) is 10.3 Å². The van der Waals surface area contributed by atoms with Crippen LogP contribution in [0.25, 0.3) is 0 Å². The van der Waals surface area contributed by atoms with Crippen molar-refractivity contribution in [2.75, 3.05) is 11.9 Å². The number of ether oxygens (including phenoxy) is 1. The summed E-state index contributed by atoms with van der Waals surface area (Å²) in [6.45, 7) is 2.38. The number of benzene rings is 1. The minimum atomic E-state index is -1.08. The number of pyridine rings is 1. The SMILES string of the molecule is Cc1nc(C(=O)NCc2cccc(NC(=O)C3CCCO3)c2)ccc1C(=O)O.